The number of nitro benzene ring substituents is 1. The normalized spacial score (nSPS) is 14.2. The first-order valence-corrected chi connectivity index (χ1v) is 10.8. The van der Waals surface area contributed by atoms with Gasteiger partial charge in [-0.15, -0.1) is 0 Å². The van der Waals surface area contributed by atoms with Crippen LogP contribution in [0.5, 0.6) is 5.75 Å². The lowest BCUT2D eigenvalue weighted by Crippen LogP contribution is -2.18. The van der Waals surface area contributed by atoms with Crippen molar-refractivity contribution < 1.29 is 22.9 Å². The first-order chi connectivity index (χ1) is 14.3. The SMILES string of the molecule is Cc1ccc(S(=O)(=O)N/N=C\c2c([O-])c([N+](=O)[O-])cc3oc4c(c23)CCCC4)cc1. The highest BCUT2D eigenvalue weighted by atomic mass is 32.2. The Bertz CT molecular complexity index is 1280. The van der Waals surface area contributed by atoms with Crippen molar-refractivity contribution >= 4 is 32.9 Å². The summed E-state index contributed by atoms with van der Waals surface area (Å²) in [6.07, 6.45) is 4.22. The zero-order valence-electron chi connectivity index (χ0n) is 16.0. The molecule has 30 heavy (non-hydrogen) atoms. The minimum absolute atomic E-state index is 0.0116. The third-order valence-corrected chi connectivity index (χ3v) is 6.35. The van der Waals surface area contributed by atoms with Crippen LogP contribution >= 0.6 is 0 Å². The van der Waals surface area contributed by atoms with E-state index in [1.54, 1.807) is 12.1 Å². The van der Waals surface area contributed by atoms with Gasteiger partial charge in [-0.1, -0.05) is 17.7 Å². The first-order valence-electron chi connectivity index (χ1n) is 9.32. The molecule has 0 atom stereocenters. The number of fused-ring (bicyclic) bond motifs is 3. The van der Waals surface area contributed by atoms with Crippen LogP contribution in [-0.2, 0) is 22.9 Å². The molecule has 156 valence electrons. The highest BCUT2D eigenvalue weighted by Crippen LogP contribution is 2.40. The summed E-state index contributed by atoms with van der Waals surface area (Å²) in [5.41, 5.74) is 1.26. The maximum absolute atomic E-state index is 12.7. The van der Waals surface area contributed by atoms with Gasteiger partial charge in [-0.25, -0.2) is 4.83 Å². The molecule has 1 aliphatic carbocycles. The third kappa shape index (κ3) is 3.50. The van der Waals surface area contributed by atoms with E-state index in [-0.39, 0.29) is 16.0 Å². The van der Waals surface area contributed by atoms with Crippen molar-refractivity contribution in [2.45, 2.75) is 37.5 Å². The molecule has 9 nitrogen and oxygen atoms in total. The average Bonchev–Trinajstić information content (AvgIpc) is 3.08. The van der Waals surface area contributed by atoms with Crippen LogP contribution in [-0.4, -0.2) is 19.6 Å². The van der Waals surface area contributed by atoms with Gasteiger partial charge in [0.25, 0.3) is 15.7 Å². The van der Waals surface area contributed by atoms with Crippen LogP contribution in [0.3, 0.4) is 0 Å². The highest BCUT2D eigenvalue weighted by molar-refractivity contribution is 7.89. The van der Waals surface area contributed by atoms with Crippen LogP contribution in [0.2, 0.25) is 0 Å². The van der Waals surface area contributed by atoms with E-state index in [9.17, 15) is 23.6 Å². The molecule has 0 amide bonds. The van der Waals surface area contributed by atoms with Gasteiger partial charge in [0.2, 0.25) is 0 Å². The van der Waals surface area contributed by atoms with Crippen molar-refractivity contribution in [3.05, 3.63) is 62.9 Å². The van der Waals surface area contributed by atoms with Crippen LogP contribution in [0.15, 0.2) is 44.7 Å². The second-order valence-corrected chi connectivity index (χ2v) is 8.81. The molecule has 0 saturated carbocycles. The Hall–Kier alpha value is -3.40. The number of aryl methyl sites for hydroxylation is 3. The number of benzene rings is 2. The summed E-state index contributed by atoms with van der Waals surface area (Å²) in [4.78, 5) is 12.6. The molecule has 4 rings (SSSR count). The summed E-state index contributed by atoms with van der Waals surface area (Å²) in [5.74, 6) is -0.133. The van der Waals surface area contributed by atoms with Gasteiger partial charge in [0.05, 0.1) is 22.1 Å². The molecule has 0 radical (unpaired) electrons. The molecule has 0 saturated heterocycles. The number of nitrogens with one attached hydrogen (secondary N) is 1. The van der Waals surface area contributed by atoms with E-state index in [0.717, 1.165) is 36.2 Å². The van der Waals surface area contributed by atoms with Crippen molar-refractivity contribution in [3.8, 4) is 5.75 Å². The number of nitrogens with zero attached hydrogens (tertiary/aromatic N) is 2. The third-order valence-electron chi connectivity index (χ3n) is 5.11. The van der Waals surface area contributed by atoms with Gasteiger partial charge in [0.1, 0.15) is 11.3 Å². The van der Waals surface area contributed by atoms with E-state index in [2.05, 4.69) is 9.93 Å². The summed E-state index contributed by atoms with van der Waals surface area (Å²) in [7, 11) is -3.95. The number of nitro groups is 1. The molecule has 1 N–H and O–H groups in total. The monoisotopic (exact) mass is 428 g/mol. The largest absolute Gasteiger partial charge is 0.867 e. The minimum Gasteiger partial charge on any atom is -0.867 e. The fraction of sp³-hybridized carbons (Fsp3) is 0.250. The maximum Gasteiger partial charge on any atom is 0.276 e. The number of rotatable bonds is 5. The van der Waals surface area contributed by atoms with Gasteiger partial charge in [-0.05, 0) is 44.1 Å². The molecule has 2 aromatic carbocycles. The van der Waals surface area contributed by atoms with Gasteiger partial charge in [0, 0.05) is 22.9 Å². The van der Waals surface area contributed by atoms with Crippen LogP contribution < -0.4 is 9.94 Å². The summed E-state index contributed by atoms with van der Waals surface area (Å²) in [6.45, 7) is 1.83. The molecule has 0 spiro atoms. The lowest BCUT2D eigenvalue weighted by Gasteiger charge is -2.14. The number of hydrogen-bond acceptors (Lipinski definition) is 7. The van der Waals surface area contributed by atoms with E-state index in [0.29, 0.717) is 24.0 Å². The van der Waals surface area contributed by atoms with E-state index in [1.165, 1.54) is 12.1 Å². The molecule has 10 heteroatoms. The lowest BCUT2D eigenvalue weighted by molar-refractivity contribution is -0.398. The molecule has 0 aliphatic heterocycles. The molecule has 1 aliphatic rings. The Kier molecular flexibility index (Phi) is 4.94. The molecule has 0 fully saturated rings. The Morgan fingerprint density at radius 3 is 2.60 bits per heavy atom. The van der Waals surface area contributed by atoms with Gasteiger partial charge < -0.3 is 9.52 Å². The van der Waals surface area contributed by atoms with Crippen LogP contribution in [0.1, 0.15) is 35.3 Å². The van der Waals surface area contributed by atoms with Crippen LogP contribution in [0.4, 0.5) is 5.69 Å². The maximum atomic E-state index is 12.7. The van der Waals surface area contributed by atoms with E-state index >= 15 is 0 Å². The smallest absolute Gasteiger partial charge is 0.276 e. The fourth-order valence-electron chi connectivity index (χ4n) is 3.61. The zero-order chi connectivity index (χ0) is 21.5. The Morgan fingerprint density at radius 1 is 1.20 bits per heavy atom. The molecular formula is C20H18N3O6S-. The van der Waals surface area contributed by atoms with E-state index < -0.39 is 26.4 Å². The molecule has 1 aromatic heterocycles. The van der Waals surface area contributed by atoms with Crippen LogP contribution in [0.25, 0.3) is 11.0 Å². The van der Waals surface area contributed by atoms with Crippen molar-refractivity contribution in [3.63, 3.8) is 0 Å². The van der Waals surface area contributed by atoms with E-state index in [1.807, 2.05) is 6.92 Å². The van der Waals surface area contributed by atoms with E-state index in [4.69, 9.17) is 4.42 Å². The van der Waals surface area contributed by atoms with Gasteiger partial charge in [-0.3, -0.25) is 10.1 Å². The number of sulfonamides is 1. The first kappa shape index (κ1) is 19.9. The molecule has 0 unspecified atom stereocenters. The molecule has 1 heterocycles. The predicted molar refractivity (Wildman–Crippen MR) is 108 cm³/mol. The number of hydrogen-bond donors (Lipinski definition) is 1. The summed E-state index contributed by atoms with van der Waals surface area (Å²) < 4.78 is 30.6. The van der Waals surface area contributed by atoms with Crippen molar-refractivity contribution in [2.24, 2.45) is 5.10 Å². The predicted octanol–water partition coefficient (Wildman–Crippen LogP) is 2.91. The minimum atomic E-state index is -3.95. The Labute approximate surface area is 172 Å². The lowest BCUT2D eigenvalue weighted by atomic mass is 9.93. The zero-order valence-corrected chi connectivity index (χ0v) is 16.9. The topological polar surface area (TPSA) is 138 Å². The van der Waals surface area contributed by atoms with Gasteiger partial charge in [0.15, 0.2) is 0 Å². The van der Waals surface area contributed by atoms with Crippen LogP contribution in [0, 0.1) is 17.0 Å². The average molecular weight is 428 g/mol. The Morgan fingerprint density at radius 2 is 1.90 bits per heavy atom. The summed E-state index contributed by atoms with van der Waals surface area (Å²) >= 11 is 0. The molecule has 0 bridgehead atoms. The number of hydrazone groups is 1. The highest BCUT2D eigenvalue weighted by Gasteiger charge is 2.24. The second-order valence-electron chi connectivity index (χ2n) is 7.15. The van der Waals surface area contributed by atoms with Gasteiger partial charge >= 0.3 is 0 Å². The van der Waals surface area contributed by atoms with Crippen molar-refractivity contribution in [2.75, 3.05) is 0 Å². The molecular weight excluding hydrogens is 410 g/mol. The summed E-state index contributed by atoms with van der Waals surface area (Å²) in [6, 6.07) is 7.30. The number of furan rings is 1. The fourth-order valence-corrected chi connectivity index (χ4v) is 4.41. The quantitative estimate of drug-likeness (QED) is 0.377. The Balaban J connectivity index is 1.77. The molecule has 3 aromatic rings. The standard InChI is InChI=1S/C20H19N3O6S/c1-12-6-8-13(9-7-12)30(27,28)22-21-11-15-19-14-4-2-3-5-17(14)29-18(19)10-16(20(15)24)23(25)26/h6-11,22,24H,2-5H2,1H3/p-1/b21-11-. The summed E-state index contributed by atoms with van der Waals surface area (Å²) in [5, 5.41) is 28.2. The van der Waals surface area contributed by atoms with Crippen molar-refractivity contribution in [1.82, 2.24) is 4.83 Å². The van der Waals surface area contributed by atoms with Crippen molar-refractivity contribution in [1.29, 1.82) is 0 Å². The van der Waals surface area contributed by atoms with Gasteiger partial charge in [-0.2, -0.15) is 13.5 Å². The second kappa shape index (κ2) is 7.45.